The number of nitrogens with one attached hydrogen (secondary N) is 1. The van der Waals surface area contributed by atoms with Gasteiger partial charge in [0.15, 0.2) is 0 Å². The number of anilines is 1. The van der Waals surface area contributed by atoms with Gasteiger partial charge in [0, 0.05) is 48.0 Å². The lowest BCUT2D eigenvalue weighted by Crippen LogP contribution is -2.31. The van der Waals surface area contributed by atoms with Crippen LogP contribution in [0.4, 0.5) is 10.1 Å². The average Bonchev–Trinajstić information content (AvgIpc) is 3.41. The largest absolute Gasteiger partial charge is 0.380 e. The zero-order valence-corrected chi connectivity index (χ0v) is 22.5. The van der Waals surface area contributed by atoms with Crippen LogP contribution < -0.4 is 5.32 Å². The predicted octanol–water partition coefficient (Wildman–Crippen LogP) is 7.65. The smallest absolute Gasteiger partial charge is 0.253 e. The first-order chi connectivity index (χ1) is 18.6. The van der Waals surface area contributed by atoms with E-state index < -0.39 is 0 Å². The molecular weight excluding hydrogens is 493 g/mol. The van der Waals surface area contributed by atoms with E-state index in [0.29, 0.717) is 18.7 Å². The van der Waals surface area contributed by atoms with Crippen LogP contribution in [0.15, 0.2) is 115 Å². The number of halogens is 1. The Morgan fingerprint density at radius 1 is 1.08 bits per heavy atom. The molecule has 0 radical (unpaired) electrons. The maximum atomic E-state index is 13.2. The number of hydrogen-bond donors (Lipinski definition) is 1. The molecule has 196 valence electrons. The first kappa shape index (κ1) is 27.3. The highest BCUT2D eigenvalue weighted by Crippen LogP contribution is 2.28. The maximum Gasteiger partial charge on any atom is 0.253 e. The topological polar surface area (TPSA) is 35.6 Å². The van der Waals surface area contributed by atoms with Crippen LogP contribution in [0.1, 0.15) is 35.7 Å². The van der Waals surface area contributed by atoms with E-state index in [1.807, 2.05) is 66.4 Å². The summed E-state index contributed by atoms with van der Waals surface area (Å²) in [7, 11) is 0. The molecule has 1 saturated heterocycles. The summed E-state index contributed by atoms with van der Waals surface area (Å²) in [6.07, 6.45) is 9.92. The minimum atomic E-state index is -0.255. The summed E-state index contributed by atoms with van der Waals surface area (Å²) in [6.45, 7) is 8.03. The van der Waals surface area contributed by atoms with Gasteiger partial charge in [-0.25, -0.2) is 4.39 Å². The van der Waals surface area contributed by atoms with Crippen molar-refractivity contribution in [2.45, 2.75) is 30.7 Å². The van der Waals surface area contributed by atoms with Gasteiger partial charge >= 0.3 is 0 Å². The van der Waals surface area contributed by atoms with Crippen molar-refractivity contribution in [2.75, 3.05) is 25.0 Å². The molecule has 4 nitrogen and oxygen atoms in total. The normalized spacial score (nSPS) is 15.6. The van der Waals surface area contributed by atoms with E-state index >= 15 is 0 Å². The molecule has 0 spiro atoms. The van der Waals surface area contributed by atoms with Gasteiger partial charge < -0.3 is 14.5 Å². The lowest BCUT2D eigenvalue weighted by atomic mass is 10.0. The average molecular weight is 528 g/mol. The third-order valence-electron chi connectivity index (χ3n) is 6.34. The van der Waals surface area contributed by atoms with Crippen molar-refractivity contribution in [1.82, 2.24) is 9.21 Å². The zero-order chi connectivity index (χ0) is 26.7. The summed E-state index contributed by atoms with van der Waals surface area (Å²) < 4.78 is 15.4. The van der Waals surface area contributed by atoms with Crippen LogP contribution >= 0.6 is 11.9 Å². The second-order valence-corrected chi connectivity index (χ2v) is 10.3. The lowest BCUT2D eigenvalue weighted by molar-refractivity contribution is 0.0791. The monoisotopic (exact) mass is 527 g/mol. The van der Waals surface area contributed by atoms with Crippen molar-refractivity contribution in [1.29, 1.82) is 0 Å². The highest BCUT2D eigenvalue weighted by Gasteiger charge is 2.27. The van der Waals surface area contributed by atoms with E-state index in [4.69, 9.17) is 0 Å². The molecule has 3 aromatic carbocycles. The SMILES string of the molecule is C=CC/C(=C\N(C/C=C\C)Sc1ccc(C(=O)N2CCC(Nc3ccc(F)cc3)C2)cc1)c1ccccc1. The molecule has 1 aliphatic rings. The number of hydrogen-bond acceptors (Lipinski definition) is 4. The molecule has 4 rings (SSSR count). The van der Waals surface area contributed by atoms with E-state index in [1.165, 1.54) is 23.3 Å². The van der Waals surface area contributed by atoms with Gasteiger partial charge in [-0.3, -0.25) is 4.79 Å². The molecule has 1 fully saturated rings. The minimum Gasteiger partial charge on any atom is -0.380 e. The van der Waals surface area contributed by atoms with Gasteiger partial charge in [0.05, 0.1) is 0 Å². The Morgan fingerprint density at radius 2 is 1.82 bits per heavy atom. The highest BCUT2D eigenvalue weighted by molar-refractivity contribution is 7.97. The van der Waals surface area contributed by atoms with E-state index in [2.05, 4.69) is 40.6 Å². The third-order valence-corrected chi connectivity index (χ3v) is 7.32. The molecular formula is C32H34FN3OS. The summed E-state index contributed by atoms with van der Waals surface area (Å²) in [5.41, 5.74) is 3.93. The molecule has 1 aliphatic heterocycles. The molecule has 38 heavy (non-hydrogen) atoms. The van der Waals surface area contributed by atoms with Crippen molar-refractivity contribution in [2.24, 2.45) is 0 Å². The Hall–Kier alpha value is -3.77. The van der Waals surface area contributed by atoms with Crippen molar-refractivity contribution < 1.29 is 9.18 Å². The predicted molar refractivity (Wildman–Crippen MR) is 157 cm³/mol. The molecule has 0 saturated carbocycles. The lowest BCUT2D eigenvalue weighted by Gasteiger charge is -2.20. The number of benzene rings is 3. The van der Waals surface area contributed by atoms with Gasteiger partial charge in [0.25, 0.3) is 5.91 Å². The Kier molecular flexibility index (Phi) is 9.82. The quantitative estimate of drug-likeness (QED) is 0.205. The van der Waals surface area contributed by atoms with Crippen molar-refractivity contribution in [3.05, 3.63) is 127 Å². The molecule has 0 bridgehead atoms. The molecule has 3 aromatic rings. The summed E-state index contributed by atoms with van der Waals surface area (Å²) in [5, 5.41) is 3.40. The summed E-state index contributed by atoms with van der Waals surface area (Å²) in [6, 6.07) is 24.7. The molecule has 1 unspecified atom stereocenters. The van der Waals surface area contributed by atoms with Gasteiger partial charge in [-0.1, -0.05) is 48.6 Å². The number of carbonyl (C=O) groups is 1. The summed E-state index contributed by atoms with van der Waals surface area (Å²) in [4.78, 5) is 16.1. The van der Waals surface area contributed by atoms with Gasteiger partial charge in [0.2, 0.25) is 0 Å². The van der Waals surface area contributed by atoms with Crippen LogP contribution in [-0.4, -0.2) is 40.8 Å². The van der Waals surface area contributed by atoms with Gasteiger partial charge in [-0.05, 0) is 91.4 Å². The van der Waals surface area contributed by atoms with Crippen LogP contribution in [0.25, 0.3) is 5.57 Å². The number of allylic oxidation sites excluding steroid dienone is 3. The van der Waals surface area contributed by atoms with Crippen molar-refractivity contribution in [3.63, 3.8) is 0 Å². The number of nitrogens with zero attached hydrogens (tertiary/aromatic N) is 2. The number of amides is 1. The molecule has 6 heteroatoms. The zero-order valence-electron chi connectivity index (χ0n) is 21.7. The number of carbonyl (C=O) groups excluding carboxylic acids is 1. The Balaban J connectivity index is 1.40. The van der Waals surface area contributed by atoms with E-state index in [-0.39, 0.29) is 17.8 Å². The first-order valence-corrected chi connectivity index (χ1v) is 13.7. The fraction of sp³-hybridized carbons (Fsp3) is 0.219. The highest BCUT2D eigenvalue weighted by atomic mass is 32.2. The van der Waals surface area contributed by atoms with E-state index in [9.17, 15) is 9.18 Å². The summed E-state index contributed by atoms with van der Waals surface area (Å²) in [5.74, 6) is -0.220. The third kappa shape index (κ3) is 7.62. The van der Waals surface area contributed by atoms with Crippen LogP contribution in [0.3, 0.4) is 0 Å². The van der Waals surface area contributed by atoms with Gasteiger partial charge in [-0.2, -0.15) is 0 Å². The Labute approximate surface area is 229 Å². The van der Waals surface area contributed by atoms with Crippen LogP contribution in [0.2, 0.25) is 0 Å². The maximum absolute atomic E-state index is 13.2. The van der Waals surface area contributed by atoms with Crippen molar-refractivity contribution in [3.8, 4) is 0 Å². The second kappa shape index (κ2) is 13.7. The molecule has 0 aromatic heterocycles. The van der Waals surface area contributed by atoms with Crippen molar-refractivity contribution >= 4 is 29.1 Å². The fourth-order valence-electron chi connectivity index (χ4n) is 4.37. The number of likely N-dealkylation sites (tertiary alicyclic amines) is 1. The molecule has 0 aliphatic carbocycles. The first-order valence-electron chi connectivity index (χ1n) is 12.9. The second-order valence-electron chi connectivity index (χ2n) is 9.19. The fourth-order valence-corrected chi connectivity index (χ4v) is 5.24. The Morgan fingerprint density at radius 3 is 2.50 bits per heavy atom. The molecule has 1 amide bonds. The van der Waals surface area contributed by atoms with Gasteiger partial charge in [0.1, 0.15) is 5.82 Å². The van der Waals surface area contributed by atoms with Crippen LogP contribution in [0.5, 0.6) is 0 Å². The van der Waals surface area contributed by atoms with E-state index in [1.54, 1.807) is 24.1 Å². The standard InChI is InChI=1S/C32H34FN3OS/c1-3-5-21-36(23-27(9-4-2)25-10-7-6-8-11-25)38-31-18-12-26(13-19-31)32(37)35-22-20-30(24-35)34-29-16-14-28(33)15-17-29/h3-8,10-19,23,30,34H,2,9,20-22,24H2,1H3/b5-3-,27-23+. The van der Waals surface area contributed by atoms with E-state index in [0.717, 1.165) is 30.0 Å². The Bertz CT molecular complexity index is 1260. The summed E-state index contributed by atoms with van der Waals surface area (Å²) >= 11 is 1.64. The molecule has 1 heterocycles. The molecule has 1 N–H and O–H groups in total. The van der Waals surface area contributed by atoms with Crippen LogP contribution in [-0.2, 0) is 0 Å². The number of rotatable bonds is 11. The minimum absolute atomic E-state index is 0.0352. The molecule has 1 atom stereocenters. The van der Waals surface area contributed by atoms with Crippen LogP contribution in [0, 0.1) is 5.82 Å². The van der Waals surface area contributed by atoms with Gasteiger partial charge in [-0.15, -0.1) is 6.58 Å².